The van der Waals surface area contributed by atoms with E-state index in [-0.39, 0.29) is 5.75 Å². The molecule has 0 radical (unpaired) electrons. The number of aromatic nitrogens is 1. The van der Waals surface area contributed by atoms with Crippen molar-refractivity contribution >= 4 is 17.6 Å². The van der Waals surface area contributed by atoms with Gasteiger partial charge in [0, 0.05) is 23.6 Å². The Hall–Kier alpha value is -2.89. The lowest BCUT2D eigenvalue weighted by molar-refractivity contribution is -0.135. The molecule has 6 nitrogen and oxygen atoms in total. The Bertz CT molecular complexity index is 611. The van der Waals surface area contributed by atoms with Gasteiger partial charge in [-0.2, -0.15) is 0 Å². The van der Waals surface area contributed by atoms with E-state index in [1.807, 2.05) is 0 Å². The summed E-state index contributed by atoms with van der Waals surface area (Å²) < 4.78 is 0. The summed E-state index contributed by atoms with van der Waals surface area (Å²) in [6.07, 6.45) is 2.92. The average Bonchev–Trinajstić information content (AvgIpc) is 2.46. The minimum absolute atomic E-state index is 0.0420. The standard InChI is InChI=1S/C14H12N2O4/c17-12-3-1-11(2-4-12)16(9-13(18)19)14(20)10-5-7-15-8-6-10/h1-8,17H,9H2,(H,18,19). The minimum atomic E-state index is -1.12. The largest absolute Gasteiger partial charge is 0.508 e. The van der Waals surface area contributed by atoms with Gasteiger partial charge in [0.2, 0.25) is 0 Å². The van der Waals surface area contributed by atoms with Gasteiger partial charge in [-0.15, -0.1) is 0 Å². The topological polar surface area (TPSA) is 90.7 Å². The molecule has 2 N–H and O–H groups in total. The molecule has 0 aliphatic carbocycles. The molecule has 102 valence electrons. The highest BCUT2D eigenvalue weighted by Gasteiger charge is 2.20. The fraction of sp³-hybridized carbons (Fsp3) is 0.0714. The molecule has 6 heteroatoms. The lowest BCUT2D eigenvalue weighted by Crippen LogP contribution is -2.35. The highest BCUT2D eigenvalue weighted by Crippen LogP contribution is 2.20. The number of aromatic hydroxyl groups is 1. The third kappa shape index (κ3) is 3.11. The van der Waals surface area contributed by atoms with Crippen molar-refractivity contribution in [2.45, 2.75) is 0 Å². The van der Waals surface area contributed by atoms with Crippen LogP contribution in [0.25, 0.3) is 0 Å². The van der Waals surface area contributed by atoms with Gasteiger partial charge in [-0.05, 0) is 36.4 Å². The predicted molar refractivity (Wildman–Crippen MR) is 71.7 cm³/mol. The molecule has 0 saturated heterocycles. The summed E-state index contributed by atoms with van der Waals surface area (Å²) in [5.74, 6) is -1.53. The first-order valence-electron chi connectivity index (χ1n) is 5.80. The van der Waals surface area contributed by atoms with Crippen molar-refractivity contribution in [1.29, 1.82) is 0 Å². The number of carbonyl (C=O) groups excluding carboxylic acids is 1. The number of hydrogen-bond acceptors (Lipinski definition) is 4. The molecule has 2 aromatic rings. The molecular weight excluding hydrogens is 260 g/mol. The highest BCUT2D eigenvalue weighted by molar-refractivity contribution is 6.08. The maximum Gasteiger partial charge on any atom is 0.323 e. The number of hydrogen-bond donors (Lipinski definition) is 2. The zero-order chi connectivity index (χ0) is 14.5. The van der Waals surface area contributed by atoms with Crippen LogP contribution in [0.1, 0.15) is 10.4 Å². The molecule has 0 saturated carbocycles. The number of phenols is 1. The van der Waals surface area contributed by atoms with E-state index in [0.717, 1.165) is 4.90 Å². The van der Waals surface area contributed by atoms with Crippen molar-refractivity contribution in [2.24, 2.45) is 0 Å². The molecule has 0 aliphatic heterocycles. The molecule has 1 aromatic carbocycles. The van der Waals surface area contributed by atoms with Gasteiger partial charge < -0.3 is 10.2 Å². The van der Waals surface area contributed by atoms with E-state index >= 15 is 0 Å². The van der Waals surface area contributed by atoms with E-state index in [9.17, 15) is 14.7 Å². The van der Waals surface area contributed by atoms with Crippen LogP contribution in [0, 0.1) is 0 Å². The van der Waals surface area contributed by atoms with E-state index in [2.05, 4.69) is 4.98 Å². The van der Waals surface area contributed by atoms with Crippen LogP contribution in [0.3, 0.4) is 0 Å². The first kappa shape index (κ1) is 13.5. The molecule has 1 aromatic heterocycles. The first-order chi connectivity index (χ1) is 9.58. The normalized spacial score (nSPS) is 10.0. The second kappa shape index (κ2) is 5.83. The van der Waals surface area contributed by atoms with Crippen molar-refractivity contribution in [2.75, 3.05) is 11.4 Å². The van der Waals surface area contributed by atoms with Crippen LogP contribution in [-0.2, 0) is 4.79 Å². The fourth-order valence-electron chi connectivity index (χ4n) is 1.70. The smallest absolute Gasteiger partial charge is 0.323 e. The number of carboxylic acid groups (broad SMARTS) is 1. The Morgan fingerprint density at radius 3 is 2.20 bits per heavy atom. The Morgan fingerprint density at radius 1 is 1.05 bits per heavy atom. The molecule has 0 fully saturated rings. The van der Waals surface area contributed by atoms with Crippen molar-refractivity contribution < 1.29 is 19.8 Å². The molecule has 0 unspecified atom stereocenters. The van der Waals surface area contributed by atoms with Gasteiger partial charge in [-0.3, -0.25) is 19.5 Å². The lowest BCUT2D eigenvalue weighted by atomic mass is 10.2. The Balaban J connectivity index is 2.35. The summed E-state index contributed by atoms with van der Waals surface area (Å²) in [4.78, 5) is 28.2. The van der Waals surface area contributed by atoms with Crippen LogP contribution in [0.4, 0.5) is 5.69 Å². The monoisotopic (exact) mass is 272 g/mol. The summed E-state index contributed by atoms with van der Waals surface area (Å²) >= 11 is 0. The quantitative estimate of drug-likeness (QED) is 0.880. The lowest BCUT2D eigenvalue weighted by Gasteiger charge is -2.20. The SMILES string of the molecule is O=C(O)CN(C(=O)c1ccncc1)c1ccc(O)cc1. The van der Waals surface area contributed by atoms with E-state index in [0.29, 0.717) is 11.3 Å². The first-order valence-corrected chi connectivity index (χ1v) is 5.80. The molecule has 0 spiro atoms. The molecule has 2 rings (SSSR count). The molecule has 1 amide bonds. The van der Waals surface area contributed by atoms with Crippen LogP contribution in [-0.4, -0.2) is 33.6 Å². The zero-order valence-corrected chi connectivity index (χ0v) is 10.4. The Labute approximate surface area is 114 Å². The number of aliphatic carboxylic acids is 1. The maximum absolute atomic E-state index is 12.3. The van der Waals surface area contributed by atoms with Crippen LogP contribution < -0.4 is 4.90 Å². The van der Waals surface area contributed by atoms with Crippen LogP contribution in [0.15, 0.2) is 48.8 Å². The van der Waals surface area contributed by atoms with Gasteiger partial charge in [-0.1, -0.05) is 0 Å². The average molecular weight is 272 g/mol. The predicted octanol–water partition coefficient (Wildman–Crippen LogP) is 1.52. The van der Waals surface area contributed by atoms with Crippen molar-refractivity contribution in [3.63, 3.8) is 0 Å². The van der Waals surface area contributed by atoms with Crippen LogP contribution in [0.2, 0.25) is 0 Å². The maximum atomic E-state index is 12.3. The summed E-state index contributed by atoms with van der Waals surface area (Å²) in [5.41, 5.74) is 0.737. The number of rotatable bonds is 4. The molecular formula is C14H12N2O4. The third-order valence-corrected chi connectivity index (χ3v) is 2.63. The van der Waals surface area contributed by atoms with Crippen molar-refractivity contribution in [3.8, 4) is 5.75 Å². The number of carboxylic acids is 1. The summed E-state index contributed by atoms with van der Waals surface area (Å²) in [7, 11) is 0. The molecule has 20 heavy (non-hydrogen) atoms. The Morgan fingerprint density at radius 2 is 1.65 bits per heavy atom. The second-order valence-corrected chi connectivity index (χ2v) is 4.04. The summed E-state index contributed by atoms with van der Waals surface area (Å²) in [5, 5.41) is 18.2. The number of carbonyl (C=O) groups is 2. The van der Waals surface area contributed by atoms with Crippen LogP contribution >= 0.6 is 0 Å². The van der Waals surface area contributed by atoms with Crippen molar-refractivity contribution in [1.82, 2.24) is 4.98 Å². The zero-order valence-electron chi connectivity index (χ0n) is 10.4. The third-order valence-electron chi connectivity index (χ3n) is 2.63. The van der Waals surface area contributed by atoms with Gasteiger partial charge in [0.05, 0.1) is 0 Å². The van der Waals surface area contributed by atoms with Gasteiger partial charge in [0.15, 0.2) is 0 Å². The van der Waals surface area contributed by atoms with Gasteiger partial charge in [-0.25, -0.2) is 0 Å². The van der Waals surface area contributed by atoms with E-state index < -0.39 is 18.4 Å². The minimum Gasteiger partial charge on any atom is -0.508 e. The summed E-state index contributed by atoms with van der Waals surface area (Å²) in [6, 6.07) is 8.78. The number of benzene rings is 1. The molecule has 0 bridgehead atoms. The molecule has 0 atom stereocenters. The summed E-state index contributed by atoms with van der Waals surface area (Å²) in [6.45, 7) is -0.466. The van der Waals surface area contributed by atoms with Gasteiger partial charge >= 0.3 is 5.97 Å². The number of phenolic OH excluding ortho intramolecular Hbond substituents is 1. The number of anilines is 1. The number of nitrogens with zero attached hydrogens (tertiary/aromatic N) is 2. The van der Waals surface area contributed by atoms with Gasteiger partial charge in [0.25, 0.3) is 5.91 Å². The Kier molecular flexibility index (Phi) is 3.95. The van der Waals surface area contributed by atoms with Gasteiger partial charge in [0.1, 0.15) is 12.3 Å². The fourth-order valence-corrected chi connectivity index (χ4v) is 1.70. The molecule has 0 aliphatic rings. The molecule has 1 heterocycles. The highest BCUT2D eigenvalue weighted by atomic mass is 16.4. The van der Waals surface area contributed by atoms with E-state index in [4.69, 9.17) is 5.11 Å². The number of pyridine rings is 1. The van der Waals surface area contributed by atoms with E-state index in [1.54, 1.807) is 0 Å². The number of amides is 1. The van der Waals surface area contributed by atoms with Crippen LogP contribution in [0.5, 0.6) is 5.75 Å². The van der Waals surface area contributed by atoms with Crippen molar-refractivity contribution in [3.05, 3.63) is 54.4 Å². The van der Waals surface area contributed by atoms with E-state index in [1.165, 1.54) is 48.8 Å². The second-order valence-electron chi connectivity index (χ2n) is 4.04.